The van der Waals surface area contributed by atoms with Crippen LogP contribution >= 0.6 is 11.8 Å². The summed E-state index contributed by atoms with van der Waals surface area (Å²) in [6.07, 6.45) is 1.16. The molecule has 66 valence electrons. The third-order valence-corrected chi connectivity index (χ3v) is 2.82. The summed E-state index contributed by atoms with van der Waals surface area (Å²) in [5.74, 6) is 0.612. The van der Waals surface area contributed by atoms with Crippen molar-refractivity contribution < 1.29 is 0 Å². The van der Waals surface area contributed by atoms with E-state index in [-0.39, 0.29) is 0 Å². The molecule has 0 aliphatic rings. The van der Waals surface area contributed by atoms with Crippen LogP contribution in [0.15, 0.2) is 29.2 Å². The van der Waals surface area contributed by atoms with E-state index in [1.54, 1.807) is 0 Å². The summed E-state index contributed by atoms with van der Waals surface area (Å²) in [4.78, 5) is 1.02. The first-order valence-corrected chi connectivity index (χ1v) is 5.25. The predicted molar refractivity (Wildman–Crippen MR) is 59.5 cm³/mol. The summed E-state index contributed by atoms with van der Waals surface area (Å²) < 4.78 is 0. The zero-order valence-electron chi connectivity index (χ0n) is 7.95. The van der Waals surface area contributed by atoms with E-state index in [4.69, 9.17) is 5.26 Å². The molecule has 1 aromatic rings. The highest BCUT2D eigenvalue weighted by Gasteiger charge is 2.02. The molecule has 0 radical (unpaired) electrons. The van der Waals surface area contributed by atoms with Crippen LogP contribution in [0.1, 0.15) is 24.7 Å². The van der Waals surface area contributed by atoms with Gasteiger partial charge in [-0.3, -0.25) is 0 Å². The maximum atomic E-state index is 8.46. The van der Waals surface area contributed by atoms with Gasteiger partial charge in [-0.2, -0.15) is 5.26 Å². The van der Waals surface area contributed by atoms with Crippen LogP contribution in [0.4, 0.5) is 0 Å². The predicted octanol–water partition coefficient (Wildman–Crippen LogP) is 2.34. The number of nitriles is 1. The smallest absolute Gasteiger partial charge is 0.138 e. The average molecular weight is 189 g/mol. The van der Waals surface area contributed by atoms with E-state index in [1.165, 1.54) is 17.3 Å². The molecule has 0 aromatic heterocycles. The normalized spacial score (nSPS) is 12.0. The van der Waals surface area contributed by atoms with Crippen LogP contribution in [0.3, 0.4) is 0 Å². The third kappa shape index (κ3) is 2.82. The van der Waals surface area contributed by atoms with Crippen molar-refractivity contribution in [1.29, 1.82) is 5.26 Å². The minimum absolute atomic E-state index is 0.612. The maximum absolute atomic E-state index is 8.46. The molecule has 0 fully saturated rings. The first kappa shape index (κ1) is 10.2. The van der Waals surface area contributed by atoms with Crippen LogP contribution in [0.2, 0.25) is 0 Å². The summed E-state index contributed by atoms with van der Waals surface area (Å²) in [5, 5.41) is 10.5. The largest absolute Gasteiger partial charge is 0.185 e. The molecule has 1 atom stereocenters. The number of nitrogens with zero attached hydrogens (tertiary/aromatic N) is 1. The molecule has 0 bridgehead atoms. The molecular formula is C10H12BNS. The van der Waals surface area contributed by atoms with Crippen LogP contribution < -0.4 is 0 Å². The molecule has 1 rings (SSSR count). The van der Waals surface area contributed by atoms with Crippen LogP contribution in [0.25, 0.3) is 0 Å². The summed E-state index contributed by atoms with van der Waals surface area (Å²) in [7, 11) is 2.21. The molecule has 1 nitrogen and oxygen atoms in total. The van der Waals surface area contributed by atoms with Crippen molar-refractivity contribution in [3.8, 4) is 5.40 Å². The summed E-state index contributed by atoms with van der Waals surface area (Å²) in [6, 6.07) is 8.23. The Kier molecular flexibility index (Phi) is 3.91. The Hall–Kier alpha value is -0.875. The van der Waals surface area contributed by atoms with E-state index in [2.05, 4.69) is 32.3 Å². The maximum Gasteiger partial charge on any atom is 0.138 e. The van der Waals surface area contributed by atoms with Gasteiger partial charge in [0, 0.05) is 4.90 Å². The monoisotopic (exact) mass is 189 g/mol. The van der Waals surface area contributed by atoms with Crippen molar-refractivity contribution in [2.75, 3.05) is 0 Å². The molecule has 1 unspecified atom stereocenters. The molecule has 0 aliphatic heterocycles. The highest BCUT2D eigenvalue weighted by molar-refractivity contribution is 8.03. The number of rotatable bonds is 3. The Morgan fingerprint density at radius 3 is 2.54 bits per heavy atom. The Bertz CT molecular complexity index is 302. The molecule has 0 saturated carbocycles. The van der Waals surface area contributed by atoms with E-state index in [9.17, 15) is 0 Å². The second-order valence-corrected chi connectivity index (χ2v) is 3.93. The summed E-state index contributed by atoms with van der Waals surface area (Å²) >= 11 is 1.21. The van der Waals surface area contributed by atoms with E-state index in [0.717, 1.165) is 11.3 Å². The van der Waals surface area contributed by atoms with Crippen LogP contribution in [0.5, 0.6) is 0 Å². The first-order valence-electron chi connectivity index (χ1n) is 4.43. The standard InChI is InChI=1S/C10H12BNS/c1-2-10(11)8-3-5-9(6-4-8)13-7-12/h3-6,10H,2,11H2,1H3. The zero-order valence-corrected chi connectivity index (χ0v) is 8.77. The number of benzene rings is 1. The van der Waals surface area contributed by atoms with Gasteiger partial charge in [0.1, 0.15) is 13.2 Å². The molecule has 0 saturated heterocycles. The lowest BCUT2D eigenvalue weighted by atomic mass is 9.79. The average Bonchev–Trinajstić information content (AvgIpc) is 2.18. The lowest BCUT2D eigenvalue weighted by Gasteiger charge is -2.08. The van der Waals surface area contributed by atoms with E-state index in [1.807, 2.05) is 12.1 Å². The third-order valence-electron chi connectivity index (χ3n) is 2.23. The van der Waals surface area contributed by atoms with E-state index in [0.29, 0.717) is 5.82 Å². The molecule has 3 heteroatoms. The number of thioether (sulfide) groups is 1. The fourth-order valence-electron chi connectivity index (χ4n) is 1.15. The van der Waals surface area contributed by atoms with Crippen LogP contribution in [-0.4, -0.2) is 7.85 Å². The van der Waals surface area contributed by atoms with Crippen molar-refractivity contribution in [2.45, 2.75) is 24.1 Å². The van der Waals surface area contributed by atoms with Crippen molar-refractivity contribution in [1.82, 2.24) is 0 Å². The van der Waals surface area contributed by atoms with Gasteiger partial charge in [0.15, 0.2) is 0 Å². The number of hydrogen-bond donors (Lipinski definition) is 0. The van der Waals surface area contributed by atoms with Crippen LogP contribution in [0, 0.1) is 10.7 Å². The molecule has 0 N–H and O–H groups in total. The Balaban J connectivity index is 2.76. The molecule has 1 aromatic carbocycles. The topological polar surface area (TPSA) is 23.8 Å². The second-order valence-electron chi connectivity index (χ2n) is 3.07. The summed E-state index contributed by atoms with van der Waals surface area (Å²) in [5.41, 5.74) is 1.35. The van der Waals surface area contributed by atoms with Gasteiger partial charge in [0.25, 0.3) is 0 Å². The van der Waals surface area contributed by atoms with E-state index < -0.39 is 0 Å². The zero-order chi connectivity index (χ0) is 9.68. The highest BCUT2D eigenvalue weighted by atomic mass is 32.2. The quantitative estimate of drug-likeness (QED) is 0.414. The van der Waals surface area contributed by atoms with Gasteiger partial charge >= 0.3 is 0 Å². The van der Waals surface area contributed by atoms with Gasteiger partial charge in [0.2, 0.25) is 0 Å². The minimum atomic E-state index is 0.612. The van der Waals surface area contributed by atoms with Gasteiger partial charge in [-0.05, 0) is 29.7 Å². The Morgan fingerprint density at radius 1 is 1.46 bits per heavy atom. The van der Waals surface area contributed by atoms with Gasteiger partial charge in [-0.25, -0.2) is 0 Å². The summed E-state index contributed by atoms with van der Waals surface area (Å²) in [6.45, 7) is 2.18. The SMILES string of the molecule is BC(CC)c1ccc(SC#N)cc1. The lowest BCUT2D eigenvalue weighted by molar-refractivity contribution is 0.881. The van der Waals surface area contributed by atoms with Gasteiger partial charge < -0.3 is 0 Å². The van der Waals surface area contributed by atoms with Crippen molar-refractivity contribution in [3.63, 3.8) is 0 Å². The first-order chi connectivity index (χ1) is 6.27. The Labute approximate surface area is 84.6 Å². The van der Waals surface area contributed by atoms with Crippen molar-refractivity contribution >= 4 is 19.6 Å². The molecule has 0 aliphatic carbocycles. The lowest BCUT2D eigenvalue weighted by Crippen LogP contribution is -1.94. The van der Waals surface area contributed by atoms with Gasteiger partial charge in [0.05, 0.1) is 0 Å². The molecule has 13 heavy (non-hydrogen) atoms. The van der Waals surface area contributed by atoms with Crippen molar-refractivity contribution in [3.05, 3.63) is 29.8 Å². The fourth-order valence-corrected chi connectivity index (χ4v) is 1.53. The minimum Gasteiger partial charge on any atom is -0.185 e. The van der Waals surface area contributed by atoms with Gasteiger partial charge in [-0.1, -0.05) is 31.0 Å². The molecule has 0 spiro atoms. The van der Waals surface area contributed by atoms with Crippen molar-refractivity contribution in [2.24, 2.45) is 0 Å². The Morgan fingerprint density at radius 2 is 2.08 bits per heavy atom. The molecular weight excluding hydrogens is 177 g/mol. The second kappa shape index (κ2) is 4.99. The van der Waals surface area contributed by atoms with E-state index >= 15 is 0 Å². The van der Waals surface area contributed by atoms with Gasteiger partial charge in [-0.15, -0.1) is 0 Å². The number of thiocyanates is 1. The number of hydrogen-bond acceptors (Lipinski definition) is 2. The molecule has 0 amide bonds. The van der Waals surface area contributed by atoms with Crippen LogP contribution in [-0.2, 0) is 0 Å². The molecule has 0 heterocycles. The highest BCUT2D eigenvalue weighted by Crippen LogP contribution is 2.21. The fraction of sp³-hybridized carbons (Fsp3) is 0.300.